The van der Waals surface area contributed by atoms with E-state index in [0.717, 1.165) is 5.56 Å². The number of amides is 1. The van der Waals surface area contributed by atoms with Gasteiger partial charge in [0.1, 0.15) is 17.2 Å². The third kappa shape index (κ3) is 3.89. The number of thiophene rings is 1. The predicted molar refractivity (Wildman–Crippen MR) is 144 cm³/mol. The van der Waals surface area contributed by atoms with E-state index in [4.69, 9.17) is 16.6 Å². The second-order valence-corrected chi connectivity index (χ2v) is 10.4. The van der Waals surface area contributed by atoms with Crippen LogP contribution in [0.25, 0.3) is 0 Å². The second-order valence-electron chi connectivity index (χ2n) is 8.57. The van der Waals surface area contributed by atoms with Crippen LogP contribution in [0.1, 0.15) is 23.2 Å². The summed E-state index contributed by atoms with van der Waals surface area (Å²) < 4.78 is 11.6. The quantitative estimate of drug-likeness (QED) is 0.236. The second kappa shape index (κ2) is 9.35. The number of carbonyl (C=O) groups is 2. The van der Waals surface area contributed by atoms with Crippen LogP contribution in [0.3, 0.4) is 0 Å². The van der Waals surface area contributed by atoms with E-state index in [1.165, 1.54) is 23.5 Å². The van der Waals surface area contributed by atoms with Crippen LogP contribution in [-0.4, -0.2) is 28.6 Å². The fourth-order valence-electron chi connectivity index (χ4n) is 4.66. The molecule has 2 atom stereocenters. The maximum absolute atomic E-state index is 14.0. The molecule has 5 rings (SSSR count). The van der Waals surface area contributed by atoms with Crippen LogP contribution in [0, 0.1) is 5.82 Å². The lowest BCUT2D eigenvalue weighted by atomic mass is 9.73. The number of halogens is 2. The molecule has 2 unspecified atom stereocenters. The summed E-state index contributed by atoms with van der Waals surface area (Å²) in [6, 6.07) is 20.0. The minimum absolute atomic E-state index is 0.0479. The number of anilines is 2. The summed E-state index contributed by atoms with van der Waals surface area (Å²) in [4.78, 5) is 34.2. The Hall–Kier alpha value is -3.20. The molecule has 0 aliphatic carbocycles. The average Bonchev–Trinajstić information content (AvgIpc) is 3.42. The van der Waals surface area contributed by atoms with Gasteiger partial charge >= 0.3 is 0 Å². The molecule has 0 saturated carbocycles. The van der Waals surface area contributed by atoms with Gasteiger partial charge in [-0.1, -0.05) is 35.9 Å². The van der Waals surface area contributed by atoms with E-state index in [2.05, 4.69) is 17.9 Å². The SMILES string of the molecule is CN1C(=O)C(S)(c2ccccc2Cl)C(=O)CC1(c1ccsc1)c1cccc(Nc2ccc(F)cc2)n1. The highest BCUT2D eigenvalue weighted by Gasteiger charge is 2.59. The van der Waals surface area contributed by atoms with Gasteiger partial charge < -0.3 is 10.2 Å². The molecule has 3 heterocycles. The van der Waals surface area contributed by atoms with Gasteiger partial charge in [0.05, 0.1) is 5.69 Å². The first kappa shape index (κ1) is 24.5. The van der Waals surface area contributed by atoms with Crippen molar-refractivity contribution in [1.29, 1.82) is 0 Å². The number of carbonyl (C=O) groups excluding carboxylic acids is 2. The van der Waals surface area contributed by atoms with E-state index in [1.807, 2.05) is 22.9 Å². The Bertz CT molecular complexity index is 1450. The molecular weight excluding hydrogens is 517 g/mol. The number of pyridine rings is 1. The van der Waals surface area contributed by atoms with E-state index in [0.29, 0.717) is 27.8 Å². The predicted octanol–water partition coefficient (Wildman–Crippen LogP) is 6.18. The van der Waals surface area contributed by atoms with Crippen molar-refractivity contribution >= 4 is 58.8 Å². The van der Waals surface area contributed by atoms with Crippen LogP contribution >= 0.6 is 35.6 Å². The number of ketones is 1. The molecule has 5 nitrogen and oxygen atoms in total. The van der Waals surface area contributed by atoms with Gasteiger partial charge in [0.15, 0.2) is 10.5 Å². The number of piperidine rings is 1. The number of nitrogens with zero attached hydrogens (tertiary/aromatic N) is 2. The summed E-state index contributed by atoms with van der Waals surface area (Å²) in [5.74, 6) is -0.698. The van der Waals surface area contributed by atoms with Gasteiger partial charge in [-0.2, -0.15) is 24.0 Å². The van der Waals surface area contributed by atoms with E-state index >= 15 is 0 Å². The van der Waals surface area contributed by atoms with Crippen LogP contribution in [0.4, 0.5) is 15.9 Å². The molecule has 4 aromatic rings. The lowest BCUT2D eigenvalue weighted by Crippen LogP contribution is -2.62. The highest BCUT2D eigenvalue weighted by molar-refractivity contribution is 7.83. The van der Waals surface area contributed by atoms with Crippen molar-refractivity contribution in [2.24, 2.45) is 0 Å². The summed E-state index contributed by atoms with van der Waals surface area (Å²) in [5, 5.41) is 7.28. The summed E-state index contributed by atoms with van der Waals surface area (Å²) in [7, 11) is 1.66. The first-order chi connectivity index (χ1) is 17.3. The number of hydrogen-bond donors (Lipinski definition) is 2. The fraction of sp³-hybridized carbons (Fsp3) is 0.148. The van der Waals surface area contributed by atoms with Crippen LogP contribution in [0.5, 0.6) is 0 Å². The Balaban J connectivity index is 1.61. The first-order valence-corrected chi connectivity index (χ1v) is 12.9. The van der Waals surface area contributed by atoms with Crippen molar-refractivity contribution in [2.45, 2.75) is 16.7 Å². The van der Waals surface area contributed by atoms with Crippen LogP contribution in [0.2, 0.25) is 5.02 Å². The smallest absolute Gasteiger partial charge is 0.251 e. The molecule has 1 fully saturated rings. The van der Waals surface area contributed by atoms with Crippen molar-refractivity contribution in [1.82, 2.24) is 9.88 Å². The first-order valence-electron chi connectivity index (χ1n) is 11.1. The third-order valence-corrected chi connectivity index (χ3v) is 8.25. The van der Waals surface area contributed by atoms with Crippen molar-refractivity contribution in [3.05, 3.63) is 111 Å². The molecule has 0 radical (unpaired) electrons. The zero-order valence-electron chi connectivity index (χ0n) is 19.1. The Kier molecular flexibility index (Phi) is 6.36. The standard InChI is InChI=1S/C27H21ClFN3O2S2/c1-32-25(34)27(35,20-5-2-3-6-21(20)28)23(33)15-26(32,17-13-14-36-16-17)22-7-4-8-24(31-22)30-19-11-9-18(29)10-12-19/h2-14,16,35H,15H2,1H3,(H,30,31). The largest absolute Gasteiger partial charge is 0.340 e. The van der Waals surface area contributed by atoms with Crippen molar-refractivity contribution in [3.8, 4) is 0 Å². The summed E-state index contributed by atoms with van der Waals surface area (Å²) >= 11 is 12.5. The number of Topliss-reactive ketones (excluding diaryl/α,β-unsaturated/α-hetero) is 1. The molecule has 9 heteroatoms. The maximum atomic E-state index is 14.0. The van der Waals surface area contributed by atoms with E-state index in [-0.39, 0.29) is 18.0 Å². The van der Waals surface area contributed by atoms with Gasteiger partial charge in [0.2, 0.25) is 0 Å². The number of likely N-dealkylation sites (N-methyl/N-ethyl adjacent to an activating group) is 1. The normalized spacial score (nSPS) is 22.1. The van der Waals surface area contributed by atoms with Crippen LogP contribution < -0.4 is 5.32 Å². The molecule has 1 N–H and O–H groups in total. The fourth-order valence-corrected chi connectivity index (χ4v) is 6.15. The zero-order chi connectivity index (χ0) is 25.5. The van der Waals surface area contributed by atoms with Gasteiger partial charge in [0, 0.05) is 29.7 Å². The molecule has 1 saturated heterocycles. The van der Waals surface area contributed by atoms with Crippen molar-refractivity contribution in [3.63, 3.8) is 0 Å². The van der Waals surface area contributed by atoms with E-state index in [1.54, 1.807) is 60.5 Å². The minimum Gasteiger partial charge on any atom is -0.340 e. The highest BCUT2D eigenvalue weighted by atomic mass is 35.5. The monoisotopic (exact) mass is 537 g/mol. The number of rotatable bonds is 5. The molecular formula is C27H21ClFN3O2S2. The molecule has 2 aromatic carbocycles. The zero-order valence-corrected chi connectivity index (χ0v) is 21.6. The number of hydrogen-bond acceptors (Lipinski definition) is 6. The van der Waals surface area contributed by atoms with Crippen LogP contribution in [-0.2, 0) is 19.9 Å². The number of thiol groups is 1. The van der Waals surface area contributed by atoms with Gasteiger partial charge in [0.25, 0.3) is 5.91 Å². The van der Waals surface area contributed by atoms with E-state index in [9.17, 15) is 14.0 Å². The van der Waals surface area contributed by atoms with Gasteiger partial charge in [-0.15, -0.1) is 0 Å². The highest BCUT2D eigenvalue weighted by Crippen LogP contribution is 2.50. The number of likely N-dealkylation sites (tertiary alicyclic amines) is 1. The Morgan fingerprint density at radius 3 is 2.50 bits per heavy atom. The Morgan fingerprint density at radius 1 is 1.06 bits per heavy atom. The van der Waals surface area contributed by atoms with E-state index < -0.39 is 16.2 Å². The summed E-state index contributed by atoms with van der Waals surface area (Å²) in [6.07, 6.45) is -0.0479. The maximum Gasteiger partial charge on any atom is 0.251 e. The molecule has 1 aliphatic heterocycles. The molecule has 182 valence electrons. The minimum atomic E-state index is -1.73. The Labute approximate surface area is 222 Å². The molecule has 0 bridgehead atoms. The molecule has 2 aromatic heterocycles. The molecule has 1 aliphatic rings. The van der Waals surface area contributed by atoms with Gasteiger partial charge in [-0.3, -0.25) is 9.59 Å². The van der Waals surface area contributed by atoms with Crippen molar-refractivity contribution < 1.29 is 14.0 Å². The number of nitrogens with one attached hydrogen (secondary N) is 1. The molecule has 0 spiro atoms. The number of benzene rings is 2. The third-order valence-electron chi connectivity index (χ3n) is 6.56. The lowest BCUT2D eigenvalue weighted by molar-refractivity contribution is -0.149. The Morgan fingerprint density at radius 2 is 1.81 bits per heavy atom. The summed E-state index contributed by atoms with van der Waals surface area (Å²) in [6.45, 7) is 0. The van der Waals surface area contributed by atoms with Crippen molar-refractivity contribution in [2.75, 3.05) is 12.4 Å². The summed E-state index contributed by atoms with van der Waals surface area (Å²) in [5.41, 5.74) is 1.16. The molecule has 1 amide bonds. The average molecular weight is 538 g/mol. The topological polar surface area (TPSA) is 62.3 Å². The number of aromatic nitrogens is 1. The van der Waals surface area contributed by atoms with Gasteiger partial charge in [-0.05, 0) is 64.9 Å². The van der Waals surface area contributed by atoms with Gasteiger partial charge in [-0.25, -0.2) is 9.37 Å². The lowest BCUT2D eigenvalue weighted by Gasteiger charge is -2.49. The van der Waals surface area contributed by atoms with Crippen LogP contribution in [0.15, 0.2) is 83.6 Å². The molecule has 36 heavy (non-hydrogen) atoms.